The van der Waals surface area contributed by atoms with Gasteiger partial charge in [0.15, 0.2) is 0 Å². The highest BCUT2D eigenvalue weighted by atomic mass is 16.5. The number of ether oxygens (including phenoxy) is 1. The van der Waals surface area contributed by atoms with Crippen LogP contribution in [0.2, 0.25) is 0 Å². The maximum Gasteiger partial charge on any atom is 0.244 e. The molecule has 0 aliphatic rings. The Morgan fingerprint density at radius 2 is 1.94 bits per heavy atom. The summed E-state index contributed by atoms with van der Waals surface area (Å²) in [4.78, 5) is 4.16. The van der Waals surface area contributed by atoms with Crippen LogP contribution < -0.4 is 15.8 Å². The van der Waals surface area contributed by atoms with Crippen LogP contribution in [0.25, 0.3) is 5.69 Å². The Morgan fingerprint density at radius 3 is 2.50 bits per heavy atom. The molecule has 2 rings (SSSR count). The lowest BCUT2D eigenvalue weighted by atomic mass is 10.3. The number of hydrogen-bond acceptors (Lipinski definition) is 5. The lowest BCUT2D eigenvalue weighted by Gasteiger charge is -2.05. The summed E-state index contributed by atoms with van der Waals surface area (Å²) >= 11 is 0. The minimum absolute atomic E-state index is 0.260. The van der Waals surface area contributed by atoms with Crippen LogP contribution in [0.4, 0.5) is 11.9 Å². The Labute approximate surface area is 106 Å². The summed E-state index contributed by atoms with van der Waals surface area (Å²) in [5.74, 6) is 1.67. The minimum Gasteiger partial charge on any atom is -0.497 e. The van der Waals surface area contributed by atoms with Gasteiger partial charge in [0.05, 0.1) is 12.8 Å². The first kappa shape index (κ1) is 12.2. The number of hydrogen-bond donors (Lipinski definition) is 2. The van der Waals surface area contributed by atoms with Gasteiger partial charge in [-0.15, -0.1) is 5.10 Å². The van der Waals surface area contributed by atoms with Crippen LogP contribution in [0.15, 0.2) is 24.3 Å². The van der Waals surface area contributed by atoms with Crippen LogP contribution in [0.3, 0.4) is 0 Å². The van der Waals surface area contributed by atoms with Gasteiger partial charge in [-0.25, -0.2) is 0 Å². The molecule has 1 aromatic carbocycles. The van der Waals surface area contributed by atoms with Crippen molar-refractivity contribution in [3.63, 3.8) is 0 Å². The lowest BCUT2D eigenvalue weighted by Crippen LogP contribution is -2.11. The van der Waals surface area contributed by atoms with E-state index >= 15 is 0 Å². The van der Waals surface area contributed by atoms with Gasteiger partial charge in [0.2, 0.25) is 11.9 Å². The predicted molar refractivity (Wildman–Crippen MR) is 71.1 cm³/mol. The number of nitrogens with two attached hydrogens (primary N) is 1. The number of benzene rings is 1. The van der Waals surface area contributed by atoms with Crippen LogP contribution in [-0.2, 0) is 0 Å². The smallest absolute Gasteiger partial charge is 0.244 e. The third-order valence-electron chi connectivity index (χ3n) is 2.37. The topological polar surface area (TPSA) is 78.0 Å². The Bertz CT molecular complexity index is 518. The SMILES string of the molecule is COc1ccc(-n2nc(NC(C)C)nc2N)cc1. The second kappa shape index (κ2) is 4.95. The van der Waals surface area contributed by atoms with Gasteiger partial charge in [0.1, 0.15) is 5.75 Å². The van der Waals surface area contributed by atoms with Crippen LogP contribution in [0.1, 0.15) is 13.8 Å². The molecule has 96 valence electrons. The minimum atomic E-state index is 0.260. The van der Waals surface area contributed by atoms with Crippen LogP contribution in [0, 0.1) is 0 Å². The van der Waals surface area contributed by atoms with Crippen molar-refractivity contribution in [3.05, 3.63) is 24.3 Å². The maximum absolute atomic E-state index is 5.84. The number of nitrogens with one attached hydrogen (secondary N) is 1. The number of nitrogen functional groups attached to an aromatic ring is 1. The largest absolute Gasteiger partial charge is 0.497 e. The molecule has 1 heterocycles. The van der Waals surface area contributed by atoms with Crippen molar-refractivity contribution >= 4 is 11.9 Å². The van der Waals surface area contributed by atoms with Crippen LogP contribution in [-0.4, -0.2) is 27.9 Å². The summed E-state index contributed by atoms with van der Waals surface area (Å²) in [6.45, 7) is 4.04. The van der Waals surface area contributed by atoms with Gasteiger partial charge in [-0.2, -0.15) is 9.67 Å². The monoisotopic (exact) mass is 247 g/mol. The van der Waals surface area contributed by atoms with E-state index in [9.17, 15) is 0 Å². The molecule has 2 aromatic rings. The fourth-order valence-corrected chi connectivity index (χ4v) is 1.56. The Morgan fingerprint density at radius 1 is 1.28 bits per heavy atom. The zero-order valence-corrected chi connectivity index (χ0v) is 10.7. The van der Waals surface area contributed by atoms with Gasteiger partial charge in [-0.3, -0.25) is 0 Å². The van der Waals surface area contributed by atoms with Gasteiger partial charge >= 0.3 is 0 Å². The molecule has 3 N–H and O–H groups in total. The van der Waals surface area contributed by atoms with E-state index in [0.717, 1.165) is 11.4 Å². The summed E-state index contributed by atoms with van der Waals surface area (Å²) in [6.07, 6.45) is 0. The summed E-state index contributed by atoms with van der Waals surface area (Å²) < 4.78 is 6.69. The molecule has 18 heavy (non-hydrogen) atoms. The summed E-state index contributed by atoms with van der Waals surface area (Å²) in [6, 6.07) is 7.72. The van der Waals surface area contributed by atoms with Crippen LogP contribution >= 0.6 is 0 Å². The van der Waals surface area contributed by atoms with Gasteiger partial charge in [-0.05, 0) is 38.1 Å². The highest BCUT2D eigenvalue weighted by Crippen LogP contribution is 2.17. The van der Waals surface area contributed by atoms with Crippen LogP contribution in [0.5, 0.6) is 5.75 Å². The third-order valence-corrected chi connectivity index (χ3v) is 2.37. The summed E-state index contributed by atoms with van der Waals surface area (Å²) in [5.41, 5.74) is 6.68. The molecule has 0 aliphatic heterocycles. The highest BCUT2D eigenvalue weighted by Gasteiger charge is 2.09. The van der Waals surface area contributed by atoms with Gasteiger partial charge in [0.25, 0.3) is 0 Å². The number of rotatable bonds is 4. The van der Waals surface area contributed by atoms with Crippen molar-refractivity contribution in [2.24, 2.45) is 0 Å². The first-order valence-electron chi connectivity index (χ1n) is 5.73. The Kier molecular flexibility index (Phi) is 3.36. The van der Waals surface area contributed by atoms with E-state index in [2.05, 4.69) is 15.4 Å². The normalized spacial score (nSPS) is 10.7. The molecule has 0 spiro atoms. The standard InChI is InChI=1S/C12H17N5O/c1-8(2)14-12-15-11(13)17(16-12)9-4-6-10(18-3)7-5-9/h4-8H,1-3H3,(H3,13,14,15,16). The van der Waals surface area contributed by atoms with E-state index in [1.807, 2.05) is 38.1 Å². The molecule has 0 atom stereocenters. The van der Waals surface area contributed by atoms with E-state index in [1.54, 1.807) is 11.8 Å². The third kappa shape index (κ3) is 2.53. The molecular weight excluding hydrogens is 230 g/mol. The van der Waals surface area contributed by atoms with Gasteiger partial charge < -0.3 is 15.8 Å². The highest BCUT2D eigenvalue weighted by molar-refractivity contribution is 5.44. The maximum atomic E-state index is 5.84. The average Bonchev–Trinajstić information content (AvgIpc) is 2.69. The molecule has 0 radical (unpaired) electrons. The fraction of sp³-hybridized carbons (Fsp3) is 0.333. The van der Waals surface area contributed by atoms with E-state index in [-0.39, 0.29) is 6.04 Å². The molecule has 6 nitrogen and oxygen atoms in total. The fourth-order valence-electron chi connectivity index (χ4n) is 1.56. The van der Waals surface area contributed by atoms with Gasteiger partial charge in [-0.1, -0.05) is 0 Å². The van der Waals surface area contributed by atoms with Crippen molar-refractivity contribution in [1.29, 1.82) is 0 Å². The van der Waals surface area contributed by atoms with Crippen molar-refractivity contribution in [1.82, 2.24) is 14.8 Å². The second-order valence-electron chi connectivity index (χ2n) is 4.20. The molecule has 0 bridgehead atoms. The Hall–Kier alpha value is -2.24. The molecule has 1 aromatic heterocycles. The quantitative estimate of drug-likeness (QED) is 0.859. The number of anilines is 2. The van der Waals surface area contributed by atoms with Crippen molar-refractivity contribution in [3.8, 4) is 11.4 Å². The molecule has 0 unspecified atom stereocenters. The molecule has 0 aliphatic carbocycles. The zero-order valence-electron chi connectivity index (χ0n) is 10.7. The Balaban J connectivity index is 2.29. The number of methoxy groups -OCH3 is 1. The van der Waals surface area contributed by atoms with Crippen molar-refractivity contribution in [2.45, 2.75) is 19.9 Å². The predicted octanol–water partition coefficient (Wildman–Crippen LogP) is 1.68. The zero-order chi connectivity index (χ0) is 13.1. The molecule has 0 saturated heterocycles. The van der Waals surface area contributed by atoms with Crippen molar-refractivity contribution < 1.29 is 4.74 Å². The molecule has 0 saturated carbocycles. The molecule has 6 heteroatoms. The van der Waals surface area contributed by atoms with Crippen molar-refractivity contribution in [2.75, 3.05) is 18.2 Å². The molecular formula is C12H17N5O. The second-order valence-corrected chi connectivity index (χ2v) is 4.20. The average molecular weight is 247 g/mol. The first-order chi connectivity index (χ1) is 8.60. The van der Waals surface area contributed by atoms with E-state index in [0.29, 0.717) is 11.9 Å². The van der Waals surface area contributed by atoms with E-state index in [1.165, 1.54) is 0 Å². The first-order valence-corrected chi connectivity index (χ1v) is 5.73. The van der Waals surface area contributed by atoms with E-state index < -0.39 is 0 Å². The molecule has 0 fully saturated rings. The number of aromatic nitrogens is 3. The number of nitrogens with zero attached hydrogens (tertiary/aromatic N) is 3. The van der Waals surface area contributed by atoms with Gasteiger partial charge in [0, 0.05) is 6.04 Å². The van der Waals surface area contributed by atoms with E-state index in [4.69, 9.17) is 10.5 Å². The molecule has 0 amide bonds. The lowest BCUT2D eigenvalue weighted by molar-refractivity contribution is 0.414. The summed E-state index contributed by atoms with van der Waals surface area (Å²) in [7, 11) is 1.63. The summed E-state index contributed by atoms with van der Waals surface area (Å²) in [5, 5.41) is 7.41.